The van der Waals surface area contributed by atoms with Crippen LogP contribution >= 0.6 is 15.9 Å². The zero-order valence-electron chi connectivity index (χ0n) is 17.1. The number of nitrogens with zero attached hydrogens (tertiary/aromatic N) is 1. The molecule has 33 heavy (non-hydrogen) atoms. The van der Waals surface area contributed by atoms with Gasteiger partial charge in [-0.25, -0.2) is 27.0 Å². The van der Waals surface area contributed by atoms with Crippen LogP contribution in [0.5, 0.6) is 11.6 Å². The topological polar surface area (TPSA) is 104 Å². The molecule has 0 aliphatic carbocycles. The lowest BCUT2D eigenvalue weighted by atomic mass is 10.0. The number of fused-ring (bicyclic) bond motifs is 6. The Balaban J connectivity index is 2.02. The first-order valence-corrected chi connectivity index (χ1v) is 11.5. The Morgan fingerprint density at radius 3 is 2.52 bits per heavy atom. The van der Waals surface area contributed by atoms with E-state index in [0.717, 1.165) is 12.1 Å². The first-order chi connectivity index (χ1) is 15.6. The number of anilines is 1. The van der Waals surface area contributed by atoms with Crippen LogP contribution in [0.2, 0.25) is 0 Å². The predicted octanol–water partition coefficient (Wildman–Crippen LogP) is 4.28. The Morgan fingerprint density at radius 1 is 1.06 bits per heavy atom. The minimum absolute atomic E-state index is 0.108. The van der Waals surface area contributed by atoms with Crippen molar-refractivity contribution in [2.24, 2.45) is 0 Å². The third-order valence-electron chi connectivity index (χ3n) is 4.86. The molecule has 0 amide bonds. The van der Waals surface area contributed by atoms with E-state index in [2.05, 4.69) is 25.6 Å². The fraction of sp³-hybridized carbons (Fsp3) is 0.143. The van der Waals surface area contributed by atoms with E-state index in [0.29, 0.717) is 6.07 Å². The van der Waals surface area contributed by atoms with Crippen molar-refractivity contribution in [3.63, 3.8) is 0 Å². The number of rotatable bonds is 2. The molecular weight excluding hydrogens is 526 g/mol. The van der Waals surface area contributed by atoms with Gasteiger partial charge >= 0.3 is 5.97 Å². The highest BCUT2D eigenvalue weighted by molar-refractivity contribution is 9.10. The van der Waals surface area contributed by atoms with E-state index in [1.807, 2.05) is 0 Å². The lowest BCUT2D eigenvalue weighted by Gasteiger charge is -2.15. The van der Waals surface area contributed by atoms with Crippen molar-refractivity contribution in [1.29, 1.82) is 0 Å². The second-order valence-corrected chi connectivity index (χ2v) is 9.37. The summed E-state index contributed by atoms with van der Waals surface area (Å²) in [7, 11) is -1.90. The van der Waals surface area contributed by atoms with Gasteiger partial charge in [0.05, 0.1) is 29.9 Å². The molecule has 2 aromatic carbocycles. The zero-order valence-corrected chi connectivity index (χ0v) is 19.5. The summed E-state index contributed by atoms with van der Waals surface area (Å²) in [5.74, 6) is -2.95. The van der Waals surface area contributed by atoms with Gasteiger partial charge in [-0.3, -0.25) is 4.72 Å². The molecule has 0 saturated heterocycles. The van der Waals surface area contributed by atoms with Gasteiger partial charge in [-0.2, -0.15) is 0 Å². The van der Waals surface area contributed by atoms with Gasteiger partial charge in [0.25, 0.3) is 10.0 Å². The van der Waals surface area contributed by atoms with E-state index in [1.54, 1.807) is 0 Å². The van der Waals surface area contributed by atoms with E-state index >= 15 is 0 Å². The molecule has 0 atom stereocenters. The summed E-state index contributed by atoms with van der Waals surface area (Å²) in [5, 5.41) is 0. The van der Waals surface area contributed by atoms with Gasteiger partial charge in [0.1, 0.15) is 23.1 Å². The Morgan fingerprint density at radius 2 is 1.82 bits per heavy atom. The highest BCUT2D eigenvalue weighted by atomic mass is 79.9. The molecule has 4 rings (SSSR count). The molecule has 3 aromatic rings. The molecule has 0 spiro atoms. The maximum atomic E-state index is 14.8. The second-order valence-electron chi connectivity index (χ2n) is 6.87. The normalized spacial score (nSPS) is 14.5. The Hall–Kier alpha value is -3.25. The number of hydrogen-bond acceptors (Lipinski definition) is 7. The largest absolute Gasteiger partial charge is 0.494 e. The second kappa shape index (κ2) is 8.60. The summed E-state index contributed by atoms with van der Waals surface area (Å²) in [4.78, 5) is 16.3. The van der Waals surface area contributed by atoms with Crippen LogP contribution in [0.1, 0.15) is 15.9 Å². The van der Waals surface area contributed by atoms with Crippen molar-refractivity contribution in [2.75, 3.05) is 18.9 Å². The number of carbonyl (C=O) groups excluding carboxylic acids is 1. The van der Waals surface area contributed by atoms with Crippen LogP contribution < -0.4 is 14.2 Å². The summed E-state index contributed by atoms with van der Waals surface area (Å²) >= 11 is 3.18. The molecule has 172 valence electrons. The van der Waals surface area contributed by atoms with Crippen LogP contribution in [0.15, 0.2) is 45.9 Å². The Kier molecular flexibility index (Phi) is 5.97. The molecule has 1 aliphatic heterocycles. The fourth-order valence-corrected chi connectivity index (χ4v) is 5.31. The summed E-state index contributed by atoms with van der Waals surface area (Å²) < 4.78 is 73.5. The standard InChI is InChI=1S/C21H15BrF2N2O6S/c1-30-19-6-12-11(8-25-19)9-32-21(27)10-3-14(22)20(31-2)18(4-10)33(28,29)26-17-5-13(12)15(23)7-16(17)24/h3-8,26H,9H2,1-2H3. The number of carbonyl (C=O) groups is 1. The number of aromatic nitrogens is 1. The minimum Gasteiger partial charge on any atom is -0.494 e. The number of halogens is 3. The number of methoxy groups -OCH3 is 2. The smallest absolute Gasteiger partial charge is 0.338 e. The summed E-state index contributed by atoms with van der Waals surface area (Å²) in [6.07, 6.45) is 1.32. The van der Waals surface area contributed by atoms with Gasteiger partial charge < -0.3 is 14.2 Å². The van der Waals surface area contributed by atoms with Crippen molar-refractivity contribution in [2.45, 2.75) is 11.5 Å². The summed E-state index contributed by atoms with van der Waals surface area (Å²) in [6, 6.07) is 5.30. The zero-order chi connectivity index (χ0) is 23.9. The SMILES string of the molecule is COc1cc2c(cn1)COC(=O)c1cc(Br)c(OC)c(c1)S(=O)(=O)Nc1cc-2c(F)cc1F. The van der Waals surface area contributed by atoms with E-state index in [4.69, 9.17) is 14.2 Å². The van der Waals surface area contributed by atoms with Crippen molar-refractivity contribution in [1.82, 2.24) is 4.98 Å². The number of hydrogen-bond donors (Lipinski definition) is 1. The Bertz CT molecular complexity index is 1400. The maximum absolute atomic E-state index is 14.8. The quantitative estimate of drug-likeness (QED) is 0.484. The lowest BCUT2D eigenvalue weighted by molar-refractivity contribution is 0.0472. The molecule has 2 heterocycles. The fourth-order valence-electron chi connectivity index (χ4n) is 3.29. The van der Waals surface area contributed by atoms with Crippen LogP contribution in [-0.2, 0) is 21.4 Å². The summed E-state index contributed by atoms with van der Waals surface area (Å²) in [6.45, 7) is -0.323. The van der Waals surface area contributed by atoms with E-state index in [1.165, 1.54) is 32.5 Å². The first-order valence-electron chi connectivity index (χ1n) is 9.24. The van der Waals surface area contributed by atoms with Crippen molar-refractivity contribution in [3.05, 3.63) is 63.8 Å². The number of nitrogens with one attached hydrogen (secondary N) is 1. The first kappa shape index (κ1) is 22.9. The van der Waals surface area contributed by atoms with Crippen LogP contribution in [0.25, 0.3) is 11.1 Å². The maximum Gasteiger partial charge on any atom is 0.338 e. The molecule has 0 fully saturated rings. The van der Waals surface area contributed by atoms with Gasteiger partial charge in [0.15, 0.2) is 5.75 Å². The van der Waals surface area contributed by atoms with Gasteiger partial charge in [-0.1, -0.05) is 0 Å². The van der Waals surface area contributed by atoms with Crippen LogP contribution in [0.3, 0.4) is 0 Å². The molecule has 4 bridgehead atoms. The van der Waals surface area contributed by atoms with Crippen molar-refractivity contribution < 1.29 is 36.2 Å². The molecule has 1 aromatic heterocycles. The van der Waals surface area contributed by atoms with Crippen molar-refractivity contribution in [3.8, 4) is 22.8 Å². The number of cyclic esters (lactones) is 1. The molecule has 0 unspecified atom stereocenters. The van der Waals surface area contributed by atoms with Gasteiger partial charge in [0, 0.05) is 29.5 Å². The van der Waals surface area contributed by atoms with E-state index < -0.39 is 38.2 Å². The average molecular weight is 541 g/mol. The number of benzene rings is 2. The van der Waals surface area contributed by atoms with Crippen molar-refractivity contribution >= 4 is 37.6 Å². The predicted molar refractivity (Wildman–Crippen MR) is 117 cm³/mol. The number of pyridine rings is 1. The average Bonchev–Trinajstić information content (AvgIpc) is 2.78. The molecule has 0 radical (unpaired) electrons. The number of ether oxygens (including phenoxy) is 3. The monoisotopic (exact) mass is 540 g/mol. The van der Waals surface area contributed by atoms with Crippen LogP contribution in [0.4, 0.5) is 14.5 Å². The van der Waals surface area contributed by atoms with Gasteiger partial charge in [-0.15, -0.1) is 0 Å². The van der Waals surface area contributed by atoms with Crippen LogP contribution in [-0.4, -0.2) is 33.6 Å². The van der Waals surface area contributed by atoms with Crippen LogP contribution in [0, 0.1) is 11.6 Å². The number of esters is 1. The van der Waals surface area contributed by atoms with Gasteiger partial charge in [-0.05, 0) is 39.7 Å². The lowest BCUT2D eigenvalue weighted by Crippen LogP contribution is -2.16. The highest BCUT2D eigenvalue weighted by Gasteiger charge is 2.28. The number of sulfonamides is 1. The van der Waals surface area contributed by atoms with E-state index in [9.17, 15) is 22.0 Å². The molecule has 1 N–H and O–H groups in total. The molecule has 12 heteroatoms. The highest BCUT2D eigenvalue weighted by Crippen LogP contribution is 2.38. The molecule has 0 saturated carbocycles. The minimum atomic E-state index is -4.49. The summed E-state index contributed by atoms with van der Waals surface area (Å²) in [5.41, 5.74) is -0.306. The third kappa shape index (κ3) is 4.23. The third-order valence-corrected chi connectivity index (χ3v) is 6.82. The van der Waals surface area contributed by atoms with E-state index in [-0.39, 0.29) is 45.0 Å². The van der Waals surface area contributed by atoms with Gasteiger partial charge in [0.2, 0.25) is 5.88 Å². The Labute approximate surface area is 195 Å². The molecular formula is C21H15BrF2N2O6S. The molecule has 1 aliphatic rings. The molecule has 8 nitrogen and oxygen atoms in total.